The number of benzene rings is 1. The molecule has 112 valence electrons. The summed E-state index contributed by atoms with van der Waals surface area (Å²) >= 11 is 2.93. The minimum Gasteiger partial charge on any atom is -0.314 e. The highest BCUT2D eigenvalue weighted by Crippen LogP contribution is 2.36. The van der Waals surface area contributed by atoms with Crippen molar-refractivity contribution in [2.75, 3.05) is 26.2 Å². The molecule has 1 fully saturated rings. The zero-order valence-electron chi connectivity index (χ0n) is 10.2. The van der Waals surface area contributed by atoms with Crippen LogP contribution in [0.2, 0.25) is 0 Å². The van der Waals surface area contributed by atoms with Crippen LogP contribution >= 0.6 is 15.9 Å². The van der Waals surface area contributed by atoms with Crippen LogP contribution in [-0.4, -0.2) is 38.9 Å². The van der Waals surface area contributed by atoms with Crippen LogP contribution in [0.4, 0.5) is 13.2 Å². The van der Waals surface area contributed by atoms with E-state index in [-0.39, 0.29) is 17.6 Å². The molecule has 1 N–H and O–H groups in total. The second-order valence-corrected chi connectivity index (χ2v) is 7.11. The highest BCUT2D eigenvalue weighted by Gasteiger charge is 2.39. The van der Waals surface area contributed by atoms with Gasteiger partial charge in [-0.05, 0) is 18.2 Å². The van der Waals surface area contributed by atoms with Crippen LogP contribution in [0.1, 0.15) is 5.56 Å². The molecule has 2 rings (SSSR count). The van der Waals surface area contributed by atoms with Crippen molar-refractivity contribution in [3.63, 3.8) is 0 Å². The quantitative estimate of drug-likeness (QED) is 0.864. The molecule has 1 aromatic rings. The summed E-state index contributed by atoms with van der Waals surface area (Å²) < 4.78 is 65.0. The Bertz CT molecular complexity index is 598. The SMILES string of the molecule is O=S(=O)(c1ccc(Br)cc1C(F)(F)F)N1CCNCC1. The number of hydrogen-bond acceptors (Lipinski definition) is 3. The van der Waals surface area contributed by atoms with E-state index in [0.717, 1.165) is 16.4 Å². The Morgan fingerprint density at radius 3 is 2.35 bits per heavy atom. The van der Waals surface area contributed by atoms with Gasteiger partial charge in [-0.25, -0.2) is 8.42 Å². The Hall–Kier alpha value is -0.640. The summed E-state index contributed by atoms with van der Waals surface area (Å²) in [6.07, 6.45) is -4.72. The molecule has 4 nitrogen and oxygen atoms in total. The number of nitrogens with zero attached hydrogens (tertiary/aromatic N) is 1. The Labute approximate surface area is 123 Å². The van der Waals surface area contributed by atoms with E-state index in [1.54, 1.807) is 0 Å². The number of rotatable bonds is 2. The smallest absolute Gasteiger partial charge is 0.314 e. The van der Waals surface area contributed by atoms with Crippen molar-refractivity contribution in [1.82, 2.24) is 9.62 Å². The Morgan fingerprint density at radius 1 is 1.20 bits per heavy atom. The largest absolute Gasteiger partial charge is 0.417 e. The molecule has 0 aromatic heterocycles. The highest BCUT2D eigenvalue weighted by atomic mass is 79.9. The molecule has 0 unspecified atom stereocenters. The van der Waals surface area contributed by atoms with Crippen LogP contribution in [-0.2, 0) is 16.2 Å². The van der Waals surface area contributed by atoms with Crippen molar-refractivity contribution >= 4 is 26.0 Å². The second kappa shape index (κ2) is 5.63. The number of sulfonamides is 1. The van der Waals surface area contributed by atoms with E-state index in [1.165, 1.54) is 6.07 Å². The minimum absolute atomic E-state index is 0.162. The summed E-state index contributed by atoms with van der Waals surface area (Å²) in [4.78, 5) is -0.699. The second-order valence-electron chi connectivity index (χ2n) is 4.29. The first-order valence-electron chi connectivity index (χ1n) is 5.80. The molecule has 0 spiro atoms. The molecule has 0 bridgehead atoms. The van der Waals surface area contributed by atoms with E-state index in [4.69, 9.17) is 0 Å². The lowest BCUT2D eigenvalue weighted by Crippen LogP contribution is -2.46. The van der Waals surface area contributed by atoms with Gasteiger partial charge in [0.15, 0.2) is 0 Å². The summed E-state index contributed by atoms with van der Waals surface area (Å²) in [5.74, 6) is 0. The van der Waals surface area contributed by atoms with Gasteiger partial charge in [-0.3, -0.25) is 0 Å². The summed E-state index contributed by atoms with van der Waals surface area (Å²) in [5, 5.41) is 2.96. The monoisotopic (exact) mass is 372 g/mol. The van der Waals surface area contributed by atoms with Gasteiger partial charge in [0.05, 0.1) is 10.5 Å². The van der Waals surface area contributed by atoms with Gasteiger partial charge in [0.1, 0.15) is 0 Å². The van der Waals surface area contributed by atoms with Crippen LogP contribution in [0.3, 0.4) is 0 Å². The van der Waals surface area contributed by atoms with Gasteiger partial charge in [0.2, 0.25) is 10.0 Å². The summed E-state index contributed by atoms with van der Waals surface area (Å²) in [6.45, 7) is 1.18. The van der Waals surface area contributed by atoms with E-state index in [2.05, 4.69) is 21.2 Å². The number of piperazine rings is 1. The summed E-state index contributed by atoms with van der Waals surface area (Å²) in [7, 11) is -4.14. The van der Waals surface area contributed by atoms with E-state index in [1.807, 2.05) is 0 Å². The predicted octanol–water partition coefficient (Wildman–Crippen LogP) is 2.06. The number of halogens is 4. The molecule has 0 atom stereocenters. The van der Waals surface area contributed by atoms with Crippen LogP contribution < -0.4 is 5.32 Å². The topological polar surface area (TPSA) is 49.4 Å². The third kappa shape index (κ3) is 3.16. The van der Waals surface area contributed by atoms with Crippen LogP contribution in [0.5, 0.6) is 0 Å². The zero-order chi connectivity index (χ0) is 15.0. The van der Waals surface area contributed by atoms with Crippen molar-refractivity contribution in [1.29, 1.82) is 0 Å². The van der Waals surface area contributed by atoms with Crippen LogP contribution in [0.25, 0.3) is 0 Å². The molecule has 1 aromatic carbocycles. The van der Waals surface area contributed by atoms with Crippen molar-refractivity contribution in [3.8, 4) is 0 Å². The molecular weight excluding hydrogens is 361 g/mol. The first kappa shape index (κ1) is 15.7. The molecule has 0 saturated carbocycles. The van der Waals surface area contributed by atoms with Gasteiger partial charge >= 0.3 is 6.18 Å². The molecule has 1 heterocycles. The molecule has 9 heteroatoms. The third-order valence-corrected chi connectivity index (χ3v) is 5.39. The molecule has 0 amide bonds. The fourth-order valence-corrected chi connectivity index (χ4v) is 3.97. The van der Waals surface area contributed by atoms with Gasteiger partial charge in [-0.1, -0.05) is 15.9 Å². The lowest BCUT2D eigenvalue weighted by molar-refractivity contribution is -0.140. The van der Waals surface area contributed by atoms with Crippen LogP contribution in [0, 0.1) is 0 Å². The third-order valence-electron chi connectivity index (χ3n) is 2.94. The predicted molar refractivity (Wildman–Crippen MR) is 70.8 cm³/mol. The van der Waals surface area contributed by atoms with Gasteiger partial charge in [-0.15, -0.1) is 0 Å². The van der Waals surface area contributed by atoms with Gasteiger partial charge in [-0.2, -0.15) is 17.5 Å². The lowest BCUT2D eigenvalue weighted by atomic mass is 10.2. The molecule has 0 aliphatic carbocycles. The normalized spacial score (nSPS) is 18.2. The van der Waals surface area contributed by atoms with Gasteiger partial charge < -0.3 is 5.32 Å². The highest BCUT2D eigenvalue weighted by molar-refractivity contribution is 9.10. The van der Waals surface area contributed by atoms with Crippen LogP contribution in [0.15, 0.2) is 27.6 Å². The zero-order valence-corrected chi connectivity index (χ0v) is 12.6. The molecular formula is C11H12BrF3N2O2S. The van der Waals surface area contributed by atoms with Gasteiger partial charge in [0.25, 0.3) is 0 Å². The van der Waals surface area contributed by atoms with Gasteiger partial charge in [0, 0.05) is 30.7 Å². The molecule has 1 aliphatic heterocycles. The maximum Gasteiger partial charge on any atom is 0.417 e. The minimum atomic E-state index is -4.72. The summed E-state index contributed by atoms with van der Waals surface area (Å²) in [5.41, 5.74) is -1.15. The first-order valence-corrected chi connectivity index (χ1v) is 8.04. The van der Waals surface area contributed by atoms with Crippen molar-refractivity contribution in [2.45, 2.75) is 11.1 Å². The fraction of sp³-hybridized carbons (Fsp3) is 0.455. The molecule has 0 radical (unpaired) electrons. The summed E-state index contributed by atoms with van der Waals surface area (Å²) in [6, 6.07) is 3.07. The maximum atomic E-state index is 13.0. The van der Waals surface area contributed by atoms with E-state index in [0.29, 0.717) is 13.1 Å². The Balaban J connectivity index is 2.51. The van der Waals surface area contributed by atoms with E-state index < -0.39 is 26.7 Å². The number of nitrogens with one attached hydrogen (secondary N) is 1. The van der Waals surface area contributed by atoms with E-state index in [9.17, 15) is 21.6 Å². The Morgan fingerprint density at radius 2 is 1.80 bits per heavy atom. The lowest BCUT2D eigenvalue weighted by Gasteiger charge is -2.27. The standard InChI is InChI=1S/C11H12BrF3N2O2S/c12-8-1-2-10(9(7-8)11(13,14)15)20(18,19)17-5-3-16-4-6-17/h1-2,7,16H,3-6H2. The number of hydrogen-bond donors (Lipinski definition) is 1. The van der Waals surface area contributed by atoms with Crippen molar-refractivity contribution in [2.24, 2.45) is 0 Å². The van der Waals surface area contributed by atoms with Crippen molar-refractivity contribution in [3.05, 3.63) is 28.2 Å². The molecule has 20 heavy (non-hydrogen) atoms. The Kier molecular flexibility index (Phi) is 4.43. The fourth-order valence-electron chi connectivity index (χ4n) is 1.97. The average Bonchev–Trinajstić information content (AvgIpc) is 2.38. The first-order chi connectivity index (χ1) is 9.23. The number of alkyl halides is 3. The van der Waals surface area contributed by atoms with E-state index >= 15 is 0 Å². The maximum absolute atomic E-state index is 13.0. The van der Waals surface area contributed by atoms with Crippen molar-refractivity contribution < 1.29 is 21.6 Å². The molecule has 1 saturated heterocycles. The molecule has 1 aliphatic rings. The average molecular weight is 373 g/mol.